The molecule has 0 saturated heterocycles. The lowest BCUT2D eigenvalue weighted by molar-refractivity contribution is 0.191. The number of benzene rings is 1. The zero-order chi connectivity index (χ0) is 15.7. The molecule has 2 atom stereocenters. The molecule has 4 nitrogen and oxygen atoms in total. The van der Waals surface area contributed by atoms with Crippen molar-refractivity contribution in [1.82, 2.24) is 4.72 Å². The summed E-state index contributed by atoms with van der Waals surface area (Å²) in [6.45, 7) is 4.30. The van der Waals surface area contributed by atoms with Gasteiger partial charge in [-0.3, -0.25) is 0 Å². The van der Waals surface area contributed by atoms with Crippen LogP contribution in [0, 0.1) is 12.8 Å². The summed E-state index contributed by atoms with van der Waals surface area (Å²) in [5, 5.41) is 0. The maximum Gasteiger partial charge on any atom is 0.241 e. The summed E-state index contributed by atoms with van der Waals surface area (Å²) < 4.78 is 29.2. The molecule has 0 spiro atoms. The van der Waals surface area contributed by atoms with E-state index in [1.165, 1.54) is 0 Å². The Balaban J connectivity index is 2.32. The molecule has 1 fully saturated rings. The van der Waals surface area contributed by atoms with Crippen LogP contribution in [0.4, 0.5) is 0 Å². The van der Waals surface area contributed by atoms with Crippen molar-refractivity contribution in [2.24, 2.45) is 11.7 Å². The van der Waals surface area contributed by atoms with E-state index in [2.05, 4.69) is 27.6 Å². The average molecular weight is 375 g/mol. The second-order valence-corrected chi connectivity index (χ2v) is 8.56. The van der Waals surface area contributed by atoms with Gasteiger partial charge in [-0.2, -0.15) is 0 Å². The Labute approximate surface area is 135 Å². The molecule has 6 heteroatoms. The first-order valence-corrected chi connectivity index (χ1v) is 9.58. The lowest BCUT2D eigenvalue weighted by Gasteiger charge is -2.42. The molecule has 1 aromatic rings. The van der Waals surface area contributed by atoms with Crippen LogP contribution >= 0.6 is 15.9 Å². The molecular formula is C15H23BrN2O2S. The van der Waals surface area contributed by atoms with Crippen LogP contribution in [0.2, 0.25) is 0 Å². The Morgan fingerprint density at radius 3 is 2.71 bits per heavy atom. The SMILES string of the molecule is Cc1cc(S(=O)(=O)NC2(CN)CCCCC2C)ccc1Br. The maximum atomic E-state index is 12.7. The molecule has 0 radical (unpaired) electrons. The molecule has 1 aromatic carbocycles. The second-order valence-electron chi connectivity index (χ2n) is 6.02. The first kappa shape index (κ1) is 16.9. The Kier molecular flexibility index (Phi) is 5.13. The zero-order valence-electron chi connectivity index (χ0n) is 12.5. The number of aryl methyl sites for hydroxylation is 1. The molecule has 118 valence electrons. The van der Waals surface area contributed by atoms with Crippen molar-refractivity contribution in [2.45, 2.75) is 50.0 Å². The summed E-state index contributed by atoms with van der Waals surface area (Å²) in [4.78, 5) is 0.300. The van der Waals surface area contributed by atoms with Crippen molar-refractivity contribution in [1.29, 1.82) is 0 Å². The third-order valence-corrected chi connectivity index (χ3v) is 7.03. The molecule has 1 saturated carbocycles. The van der Waals surface area contributed by atoms with Gasteiger partial charge in [-0.15, -0.1) is 0 Å². The van der Waals surface area contributed by atoms with Gasteiger partial charge < -0.3 is 5.73 Å². The Hall–Kier alpha value is -0.430. The van der Waals surface area contributed by atoms with E-state index in [1.54, 1.807) is 18.2 Å². The van der Waals surface area contributed by atoms with Crippen molar-refractivity contribution < 1.29 is 8.42 Å². The Morgan fingerprint density at radius 1 is 1.43 bits per heavy atom. The number of hydrogen-bond acceptors (Lipinski definition) is 3. The van der Waals surface area contributed by atoms with Crippen LogP contribution in [0.1, 0.15) is 38.2 Å². The molecule has 2 unspecified atom stereocenters. The molecule has 3 N–H and O–H groups in total. The summed E-state index contributed by atoms with van der Waals surface area (Å²) in [7, 11) is -3.55. The average Bonchev–Trinajstić information content (AvgIpc) is 2.44. The van der Waals surface area contributed by atoms with Crippen molar-refractivity contribution >= 4 is 26.0 Å². The highest BCUT2D eigenvalue weighted by Gasteiger charge is 2.40. The van der Waals surface area contributed by atoms with Crippen LogP contribution in [0.3, 0.4) is 0 Å². The van der Waals surface area contributed by atoms with E-state index in [0.29, 0.717) is 11.4 Å². The molecule has 0 bridgehead atoms. The number of halogens is 1. The first-order valence-electron chi connectivity index (χ1n) is 7.31. The maximum absolute atomic E-state index is 12.7. The fraction of sp³-hybridized carbons (Fsp3) is 0.600. The minimum Gasteiger partial charge on any atom is -0.329 e. The van der Waals surface area contributed by atoms with Gasteiger partial charge in [0, 0.05) is 16.6 Å². The summed E-state index contributed by atoms with van der Waals surface area (Å²) in [6.07, 6.45) is 3.98. The highest BCUT2D eigenvalue weighted by molar-refractivity contribution is 9.10. The Morgan fingerprint density at radius 2 is 2.14 bits per heavy atom. The van der Waals surface area contributed by atoms with Gasteiger partial charge in [0.05, 0.1) is 4.90 Å². The van der Waals surface area contributed by atoms with Gasteiger partial charge in [0.2, 0.25) is 10.0 Å². The van der Waals surface area contributed by atoms with Gasteiger partial charge in [-0.1, -0.05) is 35.7 Å². The number of nitrogens with two attached hydrogens (primary N) is 1. The van der Waals surface area contributed by atoms with Gasteiger partial charge in [-0.05, 0) is 49.4 Å². The molecule has 2 rings (SSSR count). The van der Waals surface area contributed by atoms with Crippen molar-refractivity contribution in [3.8, 4) is 0 Å². The second kappa shape index (κ2) is 6.36. The standard InChI is InChI=1S/C15H23BrN2O2S/c1-11-9-13(6-7-14(11)16)21(19,20)18-15(10-17)8-4-3-5-12(15)2/h6-7,9,12,18H,3-5,8,10,17H2,1-2H3. The van der Waals surface area contributed by atoms with E-state index < -0.39 is 15.6 Å². The van der Waals surface area contributed by atoms with E-state index >= 15 is 0 Å². The highest BCUT2D eigenvalue weighted by atomic mass is 79.9. The minimum absolute atomic E-state index is 0.252. The van der Waals surface area contributed by atoms with Crippen molar-refractivity contribution in [2.75, 3.05) is 6.54 Å². The topological polar surface area (TPSA) is 72.2 Å². The molecule has 0 amide bonds. The van der Waals surface area contributed by atoms with Crippen molar-refractivity contribution in [3.63, 3.8) is 0 Å². The van der Waals surface area contributed by atoms with Crippen LogP contribution < -0.4 is 10.5 Å². The minimum atomic E-state index is -3.55. The first-order chi connectivity index (χ1) is 9.81. The zero-order valence-corrected chi connectivity index (χ0v) is 14.9. The van der Waals surface area contributed by atoms with Gasteiger partial charge >= 0.3 is 0 Å². The number of sulfonamides is 1. The normalized spacial score (nSPS) is 26.8. The van der Waals surface area contributed by atoms with E-state index in [-0.39, 0.29) is 5.92 Å². The van der Waals surface area contributed by atoms with Crippen LogP contribution in [0.15, 0.2) is 27.6 Å². The molecule has 21 heavy (non-hydrogen) atoms. The molecule has 1 aliphatic carbocycles. The third kappa shape index (κ3) is 3.50. The van der Waals surface area contributed by atoms with E-state index in [4.69, 9.17) is 5.73 Å². The molecule has 0 heterocycles. The number of nitrogens with one attached hydrogen (secondary N) is 1. The van der Waals surface area contributed by atoms with Crippen LogP contribution in [-0.4, -0.2) is 20.5 Å². The summed E-state index contributed by atoms with van der Waals surface area (Å²) in [5.41, 5.74) is 6.32. The van der Waals surface area contributed by atoms with Gasteiger partial charge in [-0.25, -0.2) is 13.1 Å². The van der Waals surface area contributed by atoms with Crippen LogP contribution in [0.5, 0.6) is 0 Å². The lowest BCUT2D eigenvalue weighted by atomic mass is 9.74. The van der Waals surface area contributed by atoms with E-state index in [9.17, 15) is 8.42 Å². The third-order valence-electron chi connectivity index (χ3n) is 4.59. The quantitative estimate of drug-likeness (QED) is 0.850. The summed E-state index contributed by atoms with van der Waals surface area (Å²) in [6, 6.07) is 5.07. The molecule has 0 aromatic heterocycles. The predicted molar refractivity (Wildman–Crippen MR) is 88.6 cm³/mol. The predicted octanol–water partition coefficient (Wildman–Crippen LogP) is 2.94. The van der Waals surface area contributed by atoms with Crippen LogP contribution in [0.25, 0.3) is 0 Å². The fourth-order valence-electron chi connectivity index (χ4n) is 3.02. The molecule has 0 aliphatic heterocycles. The summed E-state index contributed by atoms with van der Waals surface area (Å²) in [5.74, 6) is 0.252. The molecular weight excluding hydrogens is 352 g/mol. The largest absolute Gasteiger partial charge is 0.329 e. The Bertz CT molecular complexity index is 618. The fourth-order valence-corrected chi connectivity index (χ4v) is 4.89. The van der Waals surface area contributed by atoms with Crippen molar-refractivity contribution in [3.05, 3.63) is 28.2 Å². The highest BCUT2D eigenvalue weighted by Crippen LogP contribution is 2.34. The smallest absolute Gasteiger partial charge is 0.241 e. The monoisotopic (exact) mass is 374 g/mol. The van der Waals surface area contributed by atoms with Gasteiger partial charge in [0.1, 0.15) is 0 Å². The van der Waals surface area contributed by atoms with Gasteiger partial charge in [0.15, 0.2) is 0 Å². The number of hydrogen-bond donors (Lipinski definition) is 2. The number of rotatable bonds is 4. The van der Waals surface area contributed by atoms with E-state index in [0.717, 1.165) is 35.7 Å². The van der Waals surface area contributed by atoms with Gasteiger partial charge in [0.25, 0.3) is 0 Å². The summed E-state index contributed by atoms with van der Waals surface area (Å²) >= 11 is 3.39. The lowest BCUT2D eigenvalue weighted by Crippen LogP contribution is -2.58. The van der Waals surface area contributed by atoms with E-state index in [1.807, 2.05) is 6.92 Å². The molecule has 1 aliphatic rings. The van der Waals surface area contributed by atoms with Crippen LogP contribution in [-0.2, 0) is 10.0 Å².